The lowest BCUT2D eigenvalue weighted by atomic mass is 9.99. The molecule has 9 heteroatoms. The minimum atomic E-state index is -1.27. The van der Waals surface area contributed by atoms with Crippen LogP contribution in [0.5, 0.6) is 0 Å². The smallest absolute Gasteiger partial charge is 0.317 e. The highest BCUT2D eigenvalue weighted by atomic mass is 32.2. The molecule has 1 N–H and O–H groups in total. The second-order valence-electron chi connectivity index (χ2n) is 9.55. The van der Waals surface area contributed by atoms with E-state index >= 15 is 0 Å². The lowest BCUT2D eigenvalue weighted by Gasteiger charge is -2.45. The molecule has 0 aliphatic carbocycles. The van der Waals surface area contributed by atoms with E-state index in [-0.39, 0.29) is 19.8 Å². The van der Waals surface area contributed by atoms with Crippen LogP contribution in [0.3, 0.4) is 0 Å². The van der Waals surface area contributed by atoms with E-state index in [1.54, 1.807) is 0 Å². The molecular formula is C32H36O8S. The van der Waals surface area contributed by atoms with Crippen LogP contribution in [0, 0.1) is 0 Å². The minimum absolute atomic E-state index is 0.174. The van der Waals surface area contributed by atoms with Crippen molar-refractivity contribution in [2.24, 2.45) is 0 Å². The van der Waals surface area contributed by atoms with Crippen LogP contribution in [0.1, 0.15) is 30.0 Å². The summed E-state index contributed by atoms with van der Waals surface area (Å²) in [5, 5.41) is 9.25. The third kappa shape index (κ3) is 9.69. The van der Waals surface area contributed by atoms with Crippen molar-refractivity contribution in [1.82, 2.24) is 0 Å². The largest absolute Gasteiger partial charge is 0.481 e. The highest BCUT2D eigenvalue weighted by Gasteiger charge is 2.50. The summed E-state index contributed by atoms with van der Waals surface area (Å²) >= 11 is 1.52. The van der Waals surface area contributed by atoms with E-state index < -0.39 is 48.2 Å². The van der Waals surface area contributed by atoms with Gasteiger partial charge in [0.1, 0.15) is 30.2 Å². The van der Waals surface area contributed by atoms with E-state index in [9.17, 15) is 14.7 Å². The van der Waals surface area contributed by atoms with Crippen LogP contribution in [0.2, 0.25) is 0 Å². The predicted octanol–water partition coefficient (Wildman–Crippen LogP) is 5.24. The normalized spacial score (nSPS) is 22.2. The maximum atomic E-state index is 12.7. The Balaban J connectivity index is 1.60. The molecule has 1 saturated heterocycles. The molecule has 0 spiro atoms. The molecule has 218 valence electrons. The highest BCUT2D eigenvalue weighted by Crippen LogP contribution is 2.35. The van der Waals surface area contributed by atoms with E-state index in [4.69, 9.17) is 23.7 Å². The number of carboxylic acids is 1. The molecule has 0 amide bonds. The van der Waals surface area contributed by atoms with Gasteiger partial charge in [0, 0.05) is 0 Å². The zero-order valence-corrected chi connectivity index (χ0v) is 23.8. The first-order valence-corrected chi connectivity index (χ1v) is 14.7. The second kappa shape index (κ2) is 16.3. The van der Waals surface area contributed by atoms with Gasteiger partial charge in [-0.1, -0.05) is 97.9 Å². The number of carbonyl (C=O) groups is 2. The summed E-state index contributed by atoms with van der Waals surface area (Å²) in [7, 11) is 0. The number of rotatable bonds is 15. The van der Waals surface area contributed by atoms with Crippen LogP contribution in [0.4, 0.5) is 0 Å². The first-order valence-electron chi connectivity index (χ1n) is 13.6. The van der Waals surface area contributed by atoms with Crippen LogP contribution in [-0.2, 0) is 53.1 Å². The minimum Gasteiger partial charge on any atom is -0.481 e. The number of carbonyl (C=O) groups excluding carboxylic acids is 1. The summed E-state index contributed by atoms with van der Waals surface area (Å²) in [4.78, 5) is 24.1. The molecule has 3 aromatic rings. The molecule has 8 nitrogen and oxygen atoms in total. The first-order chi connectivity index (χ1) is 20.0. The Bertz CT molecular complexity index is 1190. The monoisotopic (exact) mass is 580 g/mol. The molecule has 0 radical (unpaired) electrons. The third-order valence-corrected chi connectivity index (χ3v) is 7.49. The van der Waals surface area contributed by atoms with Crippen LogP contribution >= 0.6 is 11.8 Å². The van der Waals surface area contributed by atoms with Crippen LogP contribution in [-0.4, -0.2) is 59.3 Å². The van der Waals surface area contributed by atoms with Gasteiger partial charge >= 0.3 is 11.9 Å². The quantitative estimate of drug-likeness (QED) is 0.191. The highest BCUT2D eigenvalue weighted by molar-refractivity contribution is 7.99. The van der Waals surface area contributed by atoms with Crippen molar-refractivity contribution < 1.29 is 38.4 Å². The average Bonchev–Trinajstić information content (AvgIpc) is 2.98. The Morgan fingerprint density at radius 1 is 0.756 bits per heavy atom. The molecule has 5 atom stereocenters. The number of aliphatic carboxylic acids is 1. The maximum Gasteiger partial charge on any atom is 0.317 e. The Hall–Kier alpha value is -3.21. The van der Waals surface area contributed by atoms with Crippen molar-refractivity contribution in [2.45, 2.75) is 63.0 Å². The van der Waals surface area contributed by atoms with E-state index in [2.05, 4.69) is 0 Å². The molecule has 3 aromatic carbocycles. The number of ether oxygens (including phenoxy) is 5. The third-order valence-electron chi connectivity index (χ3n) is 6.45. The zero-order chi connectivity index (χ0) is 28.9. The van der Waals surface area contributed by atoms with Crippen molar-refractivity contribution in [2.75, 3.05) is 12.4 Å². The second-order valence-corrected chi connectivity index (χ2v) is 10.9. The Morgan fingerprint density at radius 2 is 1.27 bits per heavy atom. The van der Waals surface area contributed by atoms with Crippen molar-refractivity contribution in [3.05, 3.63) is 108 Å². The van der Waals surface area contributed by atoms with Crippen LogP contribution in [0.15, 0.2) is 91.0 Å². The molecule has 0 bridgehead atoms. The average molecular weight is 581 g/mol. The maximum absolute atomic E-state index is 12.7. The lowest BCUT2D eigenvalue weighted by molar-refractivity contribution is -0.248. The van der Waals surface area contributed by atoms with Gasteiger partial charge in [-0.15, -0.1) is 11.8 Å². The van der Waals surface area contributed by atoms with Gasteiger partial charge in [-0.3, -0.25) is 9.59 Å². The summed E-state index contributed by atoms with van der Waals surface area (Å²) in [6.45, 7) is 3.03. The number of esters is 1. The van der Waals surface area contributed by atoms with Gasteiger partial charge in [0.15, 0.2) is 6.10 Å². The molecule has 1 aliphatic heterocycles. The molecular weight excluding hydrogens is 544 g/mol. The summed E-state index contributed by atoms with van der Waals surface area (Å²) in [6, 6.07) is 29.1. The van der Waals surface area contributed by atoms with Crippen molar-refractivity contribution in [1.29, 1.82) is 0 Å². The van der Waals surface area contributed by atoms with E-state index in [0.29, 0.717) is 6.61 Å². The molecule has 1 fully saturated rings. The number of benzene rings is 3. The standard InChI is InChI=1S/C32H36O8S/c1-2-41-32-31(38-21-25-16-10-5-11-17-25)30(40-28(35)18-27(33)34)29(37-20-24-14-8-4-9-15-24)26(39-32)22-36-19-23-12-6-3-7-13-23/h3-17,26,29-32H,2,18-22H2,1H3,(H,33,34)/t26-,29-,30+,31+,32-/m1/s1. The topological polar surface area (TPSA) is 101 Å². The van der Waals surface area contributed by atoms with Crippen LogP contribution in [0.25, 0.3) is 0 Å². The van der Waals surface area contributed by atoms with E-state index in [0.717, 1.165) is 22.4 Å². The molecule has 41 heavy (non-hydrogen) atoms. The van der Waals surface area contributed by atoms with Gasteiger partial charge in [-0.2, -0.15) is 0 Å². The Morgan fingerprint density at radius 3 is 1.78 bits per heavy atom. The number of carboxylic acid groups (broad SMARTS) is 1. The molecule has 0 aromatic heterocycles. The fraction of sp³-hybridized carbons (Fsp3) is 0.375. The van der Waals surface area contributed by atoms with Gasteiger partial charge in [-0.25, -0.2) is 0 Å². The van der Waals surface area contributed by atoms with Crippen molar-refractivity contribution in [3.8, 4) is 0 Å². The van der Waals surface area contributed by atoms with Gasteiger partial charge in [-0.05, 0) is 22.4 Å². The zero-order valence-electron chi connectivity index (χ0n) is 23.0. The molecule has 1 aliphatic rings. The Kier molecular flexibility index (Phi) is 12.2. The number of hydrogen-bond acceptors (Lipinski definition) is 8. The van der Waals surface area contributed by atoms with Gasteiger partial charge in [0.2, 0.25) is 0 Å². The molecule has 1 heterocycles. The van der Waals surface area contributed by atoms with Gasteiger partial charge in [0.25, 0.3) is 0 Å². The molecule has 4 rings (SSSR count). The van der Waals surface area contributed by atoms with Crippen LogP contribution < -0.4 is 0 Å². The van der Waals surface area contributed by atoms with Gasteiger partial charge in [0.05, 0.1) is 26.4 Å². The number of hydrogen-bond donors (Lipinski definition) is 1. The number of thioether (sulfide) groups is 1. The van der Waals surface area contributed by atoms with Crippen molar-refractivity contribution >= 4 is 23.7 Å². The van der Waals surface area contributed by atoms with E-state index in [1.807, 2.05) is 97.9 Å². The predicted molar refractivity (Wildman–Crippen MR) is 155 cm³/mol. The summed E-state index contributed by atoms with van der Waals surface area (Å²) < 4.78 is 31.2. The fourth-order valence-electron chi connectivity index (χ4n) is 4.54. The van der Waals surface area contributed by atoms with Gasteiger partial charge < -0.3 is 28.8 Å². The molecule has 0 unspecified atom stereocenters. The summed E-state index contributed by atoms with van der Waals surface area (Å²) in [5.74, 6) is -1.42. The summed E-state index contributed by atoms with van der Waals surface area (Å²) in [6.07, 6.45) is -3.81. The first kappa shape index (κ1) is 30.7. The fourth-order valence-corrected chi connectivity index (χ4v) is 5.51. The SMILES string of the molecule is CCS[C@H]1O[C@H](COCc2ccccc2)[C@@H](OCc2ccccc2)[C@H](OC(=O)CC(=O)O)[C@@H]1OCc1ccccc1. The molecule has 0 saturated carbocycles. The van der Waals surface area contributed by atoms with E-state index in [1.165, 1.54) is 11.8 Å². The van der Waals surface area contributed by atoms with Crippen molar-refractivity contribution in [3.63, 3.8) is 0 Å². The Labute approximate surface area is 244 Å². The lowest BCUT2D eigenvalue weighted by Crippen LogP contribution is -2.61. The summed E-state index contributed by atoms with van der Waals surface area (Å²) in [5.41, 5.74) is 2.38.